The number of pyridine rings is 1. The topological polar surface area (TPSA) is 84.3 Å². The monoisotopic (exact) mass is 490 g/mol. The summed E-state index contributed by atoms with van der Waals surface area (Å²) >= 11 is 0. The van der Waals surface area contributed by atoms with E-state index >= 15 is 0 Å². The Bertz CT molecular complexity index is 1260. The largest absolute Gasteiger partial charge is 0.381 e. The van der Waals surface area contributed by atoms with E-state index in [1.165, 1.54) is 11.1 Å². The van der Waals surface area contributed by atoms with Crippen molar-refractivity contribution in [2.75, 3.05) is 44.7 Å². The summed E-state index contributed by atoms with van der Waals surface area (Å²) in [6.07, 6.45) is 3.88. The Morgan fingerprint density at radius 1 is 1.08 bits per heavy atom. The molecule has 8 heteroatoms. The third kappa shape index (κ3) is 4.65. The maximum Gasteiger partial charge on any atom is 0.252 e. The van der Waals surface area contributed by atoms with Crippen LogP contribution >= 0.6 is 0 Å². The fraction of sp³-hybridized carbons (Fsp3) is 0.536. The second-order valence-corrected chi connectivity index (χ2v) is 10.4. The van der Waals surface area contributed by atoms with Gasteiger partial charge in [0.25, 0.3) is 5.56 Å². The highest BCUT2D eigenvalue weighted by Gasteiger charge is 2.40. The SMILES string of the molecule is Cc1cc(=O)n(C(C)C)c2nc(N[C@@H](C)c3ccc(C4(N5CCNCC5)CCOCC4)cc3)ncc12. The van der Waals surface area contributed by atoms with Crippen molar-refractivity contribution in [1.82, 2.24) is 24.8 Å². The molecule has 192 valence electrons. The van der Waals surface area contributed by atoms with Crippen molar-refractivity contribution in [3.63, 3.8) is 0 Å². The zero-order valence-corrected chi connectivity index (χ0v) is 21.9. The third-order valence-electron chi connectivity index (χ3n) is 7.85. The number of aromatic nitrogens is 3. The number of nitrogens with one attached hydrogen (secondary N) is 2. The summed E-state index contributed by atoms with van der Waals surface area (Å²) < 4.78 is 7.48. The molecule has 0 spiro atoms. The molecule has 3 aromatic rings. The minimum atomic E-state index is -0.0326. The maximum absolute atomic E-state index is 12.6. The van der Waals surface area contributed by atoms with Crippen LogP contribution in [-0.4, -0.2) is 58.8 Å². The van der Waals surface area contributed by atoms with Gasteiger partial charge in [0, 0.05) is 63.1 Å². The average molecular weight is 491 g/mol. The quantitative estimate of drug-likeness (QED) is 0.544. The number of hydrogen-bond donors (Lipinski definition) is 2. The van der Waals surface area contributed by atoms with Gasteiger partial charge in [-0.05, 0) is 57.2 Å². The van der Waals surface area contributed by atoms with Gasteiger partial charge in [-0.3, -0.25) is 14.3 Å². The minimum Gasteiger partial charge on any atom is -0.381 e. The molecule has 2 N–H and O–H groups in total. The van der Waals surface area contributed by atoms with Crippen LogP contribution < -0.4 is 16.2 Å². The molecule has 2 aliphatic heterocycles. The first kappa shape index (κ1) is 24.9. The molecule has 1 aromatic carbocycles. The van der Waals surface area contributed by atoms with Crippen LogP contribution in [0.25, 0.3) is 11.0 Å². The van der Waals surface area contributed by atoms with Crippen molar-refractivity contribution < 1.29 is 4.74 Å². The van der Waals surface area contributed by atoms with Gasteiger partial charge in [-0.25, -0.2) is 4.98 Å². The summed E-state index contributed by atoms with van der Waals surface area (Å²) in [6, 6.07) is 10.7. The van der Waals surface area contributed by atoms with Gasteiger partial charge in [-0.15, -0.1) is 0 Å². The highest BCUT2D eigenvalue weighted by Crippen LogP contribution is 2.39. The summed E-state index contributed by atoms with van der Waals surface area (Å²) in [4.78, 5) is 24.6. The first-order valence-corrected chi connectivity index (χ1v) is 13.2. The lowest BCUT2D eigenvalue weighted by atomic mass is 9.80. The van der Waals surface area contributed by atoms with Crippen molar-refractivity contribution in [1.29, 1.82) is 0 Å². The molecule has 0 unspecified atom stereocenters. The molecule has 0 aliphatic carbocycles. The van der Waals surface area contributed by atoms with E-state index < -0.39 is 0 Å². The predicted molar refractivity (Wildman–Crippen MR) is 144 cm³/mol. The van der Waals surface area contributed by atoms with Crippen LogP contribution in [0.15, 0.2) is 41.3 Å². The number of hydrogen-bond acceptors (Lipinski definition) is 7. The van der Waals surface area contributed by atoms with Crippen LogP contribution in [0.5, 0.6) is 0 Å². The molecule has 1 atom stereocenters. The Kier molecular flexibility index (Phi) is 7.10. The number of nitrogens with zero attached hydrogens (tertiary/aromatic N) is 4. The summed E-state index contributed by atoms with van der Waals surface area (Å²) in [5, 5.41) is 7.84. The molecular weight excluding hydrogens is 452 g/mol. The predicted octanol–water partition coefficient (Wildman–Crippen LogP) is 3.76. The highest BCUT2D eigenvalue weighted by molar-refractivity contribution is 5.79. The lowest BCUT2D eigenvalue weighted by molar-refractivity contribution is -0.0373. The van der Waals surface area contributed by atoms with Gasteiger partial charge in [0.1, 0.15) is 5.65 Å². The van der Waals surface area contributed by atoms with E-state index in [0.717, 1.165) is 63.2 Å². The molecule has 0 radical (unpaired) electrons. The lowest BCUT2D eigenvalue weighted by Crippen LogP contribution is -2.56. The number of fused-ring (bicyclic) bond motifs is 1. The van der Waals surface area contributed by atoms with E-state index in [9.17, 15) is 4.79 Å². The van der Waals surface area contributed by atoms with E-state index in [1.807, 2.05) is 27.0 Å². The fourth-order valence-corrected chi connectivity index (χ4v) is 5.79. The van der Waals surface area contributed by atoms with Gasteiger partial charge in [-0.1, -0.05) is 24.3 Å². The normalized spacial score (nSPS) is 19.5. The van der Waals surface area contributed by atoms with Gasteiger partial charge in [0.2, 0.25) is 5.95 Å². The van der Waals surface area contributed by atoms with Crippen molar-refractivity contribution in [2.24, 2.45) is 0 Å². The van der Waals surface area contributed by atoms with Crippen molar-refractivity contribution in [2.45, 2.75) is 58.2 Å². The Morgan fingerprint density at radius 3 is 2.44 bits per heavy atom. The number of anilines is 1. The number of ether oxygens (including phenoxy) is 1. The third-order valence-corrected chi connectivity index (χ3v) is 7.85. The molecule has 8 nitrogen and oxygen atoms in total. The molecule has 36 heavy (non-hydrogen) atoms. The van der Waals surface area contributed by atoms with Crippen LogP contribution in [0, 0.1) is 6.92 Å². The zero-order chi connectivity index (χ0) is 25.3. The number of piperazine rings is 1. The molecule has 2 saturated heterocycles. The van der Waals surface area contributed by atoms with Gasteiger partial charge >= 0.3 is 0 Å². The molecule has 0 amide bonds. The summed E-state index contributed by atoms with van der Waals surface area (Å²) in [6.45, 7) is 13.9. The van der Waals surface area contributed by atoms with Crippen molar-refractivity contribution in [3.8, 4) is 0 Å². The van der Waals surface area contributed by atoms with Crippen molar-refractivity contribution in [3.05, 3.63) is 63.6 Å². The van der Waals surface area contributed by atoms with Crippen LogP contribution in [-0.2, 0) is 10.3 Å². The Labute approximate surface area is 213 Å². The van der Waals surface area contributed by atoms with E-state index in [4.69, 9.17) is 9.72 Å². The maximum atomic E-state index is 12.6. The first-order chi connectivity index (χ1) is 17.4. The molecular formula is C28H38N6O2. The standard InChI is InChI=1S/C28H38N6O2/c1-19(2)34-25(35)17-20(3)24-18-30-27(32-26(24)34)31-21(4)22-5-7-23(8-6-22)28(9-15-36-16-10-28)33-13-11-29-12-14-33/h5-8,17-19,21,29H,9-16H2,1-4H3,(H,30,31,32)/t21-/m0/s1. The average Bonchev–Trinajstić information content (AvgIpc) is 2.89. The Hall–Kier alpha value is -2.81. The van der Waals surface area contributed by atoms with E-state index in [-0.39, 0.29) is 23.2 Å². The Morgan fingerprint density at radius 2 is 1.78 bits per heavy atom. The van der Waals surface area contributed by atoms with E-state index in [2.05, 4.69) is 51.7 Å². The number of rotatable bonds is 6. The fourth-order valence-electron chi connectivity index (χ4n) is 5.79. The van der Waals surface area contributed by atoms with Gasteiger partial charge in [0.05, 0.1) is 11.6 Å². The van der Waals surface area contributed by atoms with Gasteiger partial charge < -0.3 is 15.4 Å². The Balaban J connectivity index is 1.39. The van der Waals surface area contributed by atoms with Gasteiger partial charge in [0.15, 0.2) is 0 Å². The number of benzene rings is 1. The second kappa shape index (κ2) is 10.3. The molecule has 2 fully saturated rings. The lowest BCUT2D eigenvalue weighted by Gasteiger charge is -2.48. The minimum absolute atomic E-state index is 0.0153. The molecule has 0 saturated carbocycles. The van der Waals surface area contributed by atoms with Crippen LogP contribution in [0.4, 0.5) is 5.95 Å². The summed E-state index contributed by atoms with van der Waals surface area (Å²) in [7, 11) is 0. The van der Waals surface area contributed by atoms with Crippen molar-refractivity contribution >= 4 is 17.0 Å². The van der Waals surface area contributed by atoms with Crippen LogP contribution in [0.2, 0.25) is 0 Å². The summed E-state index contributed by atoms with van der Waals surface area (Å²) in [5.41, 5.74) is 4.14. The smallest absolute Gasteiger partial charge is 0.252 e. The van der Waals surface area contributed by atoms with E-state index in [0.29, 0.717) is 11.6 Å². The zero-order valence-electron chi connectivity index (χ0n) is 21.9. The first-order valence-electron chi connectivity index (χ1n) is 13.2. The molecule has 2 aliphatic rings. The summed E-state index contributed by atoms with van der Waals surface area (Å²) in [5.74, 6) is 0.528. The van der Waals surface area contributed by atoms with E-state index in [1.54, 1.807) is 10.6 Å². The van der Waals surface area contributed by atoms with Crippen LogP contribution in [0.3, 0.4) is 0 Å². The molecule has 2 aromatic heterocycles. The highest BCUT2D eigenvalue weighted by atomic mass is 16.5. The second-order valence-electron chi connectivity index (χ2n) is 10.4. The molecule has 0 bridgehead atoms. The van der Waals surface area contributed by atoms with Crippen LogP contribution in [0.1, 0.15) is 62.4 Å². The molecule has 4 heterocycles. The molecule has 5 rings (SSSR count). The van der Waals surface area contributed by atoms with Gasteiger partial charge in [-0.2, -0.15) is 4.98 Å². The number of aryl methyl sites for hydroxylation is 1.